The van der Waals surface area contributed by atoms with Gasteiger partial charge in [0.05, 0.1) is 0 Å². The summed E-state index contributed by atoms with van der Waals surface area (Å²) in [6.07, 6.45) is 0. The molecule has 0 saturated heterocycles. The van der Waals surface area contributed by atoms with Crippen LogP contribution in [-0.2, 0) is 5.41 Å². The lowest BCUT2D eigenvalue weighted by Gasteiger charge is -2.18. The van der Waals surface area contributed by atoms with E-state index in [9.17, 15) is 9.59 Å². The van der Waals surface area contributed by atoms with Crippen molar-refractivity contribution in [3.05, 3.63) is 40.4 Å². The first-order valence-electron chi connectivity index (χ1n) is 6.56. The average Bonchev–Trinajstić information content (AvgIpc) is 2.83. The highest BCUT2D eigenvalue weighted by Gasteiger charge is 2.21. The van der Waals surface area contributed by atoms with Crippen LogP contribution in [0.4, 0.5) is 0 Å². The highest BCUT2D eigenvalue weighted by atomic mass is 32.1. The van der Waals surface area contributed by atoms with Crippen molar-refractivity contribution in [2.45, 2.75) is 33.1 Å². The van der Waals surface area contributed by atoms with Gasteiger partial charge in [0.25, 0.3) is 0 Å². The third kappa shape index (κ3) is 3.19. The Morgan fingerprint density at radius 3 is 2.10 bits per heavy atom. The lowest BCUT2D eigenvalue weighted by atomic mass is 9.87. The SMILES string of the molecule is CC(=O)c1sc(-c2ccc(C(C)(C)C)cc2)nc1C(=O)O. The van der Waals surface area contributed by atoms with Gasteiger partial charge in [-0.3, -0.25) is 4.79 Å². The summed E-state index contributed by atoms with van der Waals surface area (Å²) in [5.74, 6) is -1.45. The van der Waals surface area contributed by atoms with E-state index >= 15 is 0 Å². The number of ketones is 1. The smallest absolute Gasteiger partial charge is 0.356 e. The van der Waals surface area contributed by atoms with Crippen LogP contribution in [-0.4, -0.2) is 21.8 Å². The number of rotatable bonds is 3. The number of thiazole rings is 1. The molecule has 0 radical (unpaired) electrons. The van der Waals surface area contributed by atoms with Crippen LogP contribution in [0.15, 0.2) is 24.3 Å². The largest absolute Gasteiger partial charge is 0.476 e. The first-order chi connectivity index (χ1) is 9.70. The van der Waals surface area contributed by atoms with Gasteiger partial charge in [0.1, 0.15) is 9.88 Å². The highest BCUT2D eigenvalue weighted by Crippen LogP contribution is 2.30. The molecule has 1 heterocycles. The van der Waals surface area contributed by atoms with E-state index in [1.165, 1.54) is 12.5 Å². The molecule has 2 rings (SSSR count). The maximum Gasteiger partial charge on any atom is 0.356 e. The van der Waals surface area contributed by atoms with Crippen molar-refractivity contribution >= 4 is 23.1 Å². The predicted molar refractivity (Wildman–Crippen MR) is 83.2 cm³/mol. The van der Waals surface area contributed by atoms with Gasteiger partial charge in [-0.15, -0.1) is 11.3 Å². The van der Waals surface area contributed by atoms with Gasteiger partial charge in [-0.1, -0.05) is 45.0 Å². The second-order valence-electron chi connectivity index (χ2n) is 5.89. The molecule has 5 heteroatoms. The van der Waals surface area contributed by atoms with Gasteiger partial charge in [-0.25, -0.2) is 9.78 Å². The predicted octanol–water partition coefficient (Wildman–Crippen LogP) is 4.01. The van der Waals surface area contributed by atoms with E-state index in [0.717, 1.165) is 16.9 Å². The molecule has 0 amide bonds. The van der Waals surface area contributed by atoms with Gasteiger partial charge in [0.2, 0.25) is 0 Å². The van der Waals surface area contributed by atoms with Crippen LogP contribution in [0.2, 0.25) is 0 Å². The Balaban J connectivity index is 2.45. The van der Waals surface area contributed by atoms with Crippen LogP contribution in [0.25, 0.3) is 10.6 Å². The van der Waals surface area contributed by atoms with E-state index in [-0.39, 0.29) is 21.8 Å². The topological polar surface area (TPSA) is 67.3 Å². The van der Waals surface area contributed by atoms with E-state index in [1.54, 1.807) is 0 Å². The Bertz CT molecular complexity index is 662. The number of benzene rings is 1. The number of aromatic carboxylic acids is 1. The van der Waals surface area contributed by atoms with E-state index < -0.39 is 5.97 Å². The summed E-state index contributed by atoms with van der Waals surface area (Å²) in [6.45, 7) is 7.73. The molecule has 21 heavy (non-hydrogen) atoms. The lowest BCUT2D eigenvalue weighted by molar-refractivity contribution is 0.0687. The molecule has 0 spiro atoms. The summed E-state index contributed by atoms with van der Waals surface area (Å²) < 4.78 is 0. The van der Waals surface area contributed by atoms with Crippen LogP contribution < -0.4 is 0 Å². The first kappa shape index (κ1) is 15.4. The number of carbonyl (C=O) groups excluding carboxylic acids is 1. The Hall–Kier alpha value is -2.01. The molecular formula is C16H17NO3S. The van der Waals surface area contributed by atoms with Crippen LogP contribution in [0.1, 0.15) is 53.4 Å². The quantitative estimate of drug-likeness (QED) is 0.870. The van der Waals surface area contributed by atoms with Gasteiger partial charge in [0.15, 0.2) is 11.5 Å². The number of carbonyl (C=O) groups is 2. The third-order valence-electron chi connectivity index (χ3n) is 3.15. The molecular weight excluding hydrogens is 286 g/mol. The van der Waals surface area contributed by atoms with Crippen LogP contribution in [0, 0.1) is 0 Å². The van der Waals surface area contributed by atoms with Crippen molar-refractivity contribution < 1.29 is 14.7 Å². The zero-order chi connectivity index (χ0) is 15.8. The minimum Gasteiger partial charge on any atom is -0.476 e. The molecule has 1 N–H and O–H groups in total. The normalized spacial score (nSPS) is 11.4. The molecule has 1 aromatic heterocycles. The Morgan fingerprint density at radius 2 is 1.71 bits per heavy atom. The molecule has 0 saturated carbocycles. The first-order valence-corrected chi connectivity index (χ1v) is 7.38. The zero-order valence-corrected chi connectivity index (χ0v) is 13.2. The summed E-state index contributed by atoms with van der Waals surface area (Å²) in [5, 5.41) is 9.67. The van der Waals surface area contributed by atoms with Crippen molar-refractivity contribution in [1.29, 1.82) is 0 Å². The number of carboxylic acid groups (broad SMARTS) is 1. The zero-order valence-electron chi connectivity index (χ0n) is 12.4. The van der Waals surface area contributed by atoms with Gasteiger partial charge in [-0.2, -0.15) is 0 Å². The molecule has 0 aliphatic heterocycles. The molecule has 4 nitrogen and oxygen atoms in total. The van der Waals surface area contributed by atoms with Crippen LogP contribution >= 0.6 is 11.3 Å². The summed E-state index contributed by atoms with van der Waals surface area (Å²) in [6, 6.07) is 7.83. The number of aromatic nitrogens is 1. The maximum atomic E-state index is 11.5. The summed E-state index contributed by atoms with van der Waals surface area (Å²) >= 11 is 1.12. The Labute approximate surface area is 127 Å². The monoisotopic (exact) mass is 303 g/mol. The molecule has 0 unspecified atom stereocenters. The number of hydrogen-bond donors (Lipinski definition) is 1. The minimum absolute atomic E-state index is 0.0537. The van der Waals surface area contributed by atoms with Crippen molar-refractivity contribution in [2.24, 2.45) is 0 Å². The van der Waals surface area contributed by atoms with Gasteiger partial charge >= 0.3 is 5.97 Å². The van der Waals surface area contributed by atoms with Gasteiger partial charge in [-0.05, 0) is 11.0 Å². The molecule has 0 fully saturated rings. The molecule has 1 aromatic carbocycles. The molecule has 0 atom stereocenters. The van der Waals surface area contributed by atoms with Crippen molar-refractivity contribution in [3.63, 3.8) is 0 Å². The fourth-order valence-electron chi connectivity index (χ4n) is 1.94. The molecule has 0 aliphatic rings. The van der Waals surface area contributed by atoms with Gasteiger partial charge < -0.3 is 5.11 Å². The molecule has 0 bridgehead atoms. The van der Waals surface area contributed by atoms with Gasteiger partial charge in [0, 0.05) is 12.5 Å². The highest BCUT2D eigenvalue weighted by molar-refractivity contribution is 7.17. The molecule has 110 valence electrons. The minimum atomic E-state index is -1.17. The van der Waals surface area contributed by atoms with Crippen LogP contribution in [0.5, 0.6) is 0 Å². The number of hydrogen-bond acceptors (Lipinski definition) is 4. The fourth-order valence-corrected chi connectivity index (χ4v) is 2.90. The Morgan fingerprint density at radius 1 is 1.14 bits per heavy atom. The van der Waals surface area contributed by atoms with E-state index in [4.69, 9.17) is 5.11 Å². The van der Waals surface area contributed by atoms with Crippen molar-refractivity contribution in [3.8, 4) is 10.6 Å². The number of nitrogens with zero attached hydrogens (tertiary/aromatic N) is 1. The third-order valence-corrected chi connectivity index (χ3v) is 4.35. The average molecular weight is 303 g/mol. The molecule has 0 aliphatic carbocycles. The standard InChI is InChI=1S/C16H17NO3S/c1-9(18)13-12(15(19)20)17-14(21-13)10-5-7-11(8-6-10)16(2,3)4/h5-8H,1-4H3,(H,19,20). The summed E-state index contributed by atoms with van der Waals surface area (Å²) in [4.78, 5) is 26.9. The van der Waals surface area contributed by atoms with E-state index in [0.29, 0.717) is 5.01 Å². The fraction of sp³-hybridized carbons (Fsp3) is 0.312. The second-order valence-corrected chi connectivity index (χ2v) is 6.88. The number of carboxylic acids is 1. The summed E-state index contributed by atoms with van der Waals surface area (Å²) in [7, 11) is 0. The summed E-state index contributed by atoms with van der Waals surface area (Å²) in [5.41, 5.74) is 1.90. The van der Waals surface area contributed by atoms with E-state index in [1.807, 2.05) is 24.3 Å². The van der Waals surface area contributed by atoms with Crippen molar-refractivity contribution in [2.75, 3.05) is 0 Å². The Kier molecular flexibility index (Phi) is 3.96. The van der Waals surface area contributed by atoms with Crippen LogP contribution in [0.3, 0.4) is 0 Å². The maximum absolute atomic E-state index is 11.5. The number of Topliss-reactive ketones (excluding diaryl/α,β-unsaturated/α-hetero) is 1. The lowest BCUT2D eigenvalue weighted by Crippen LogP contribution is -2.10. The second kappa shape index (κ2) is 5.41. The van der Waals surface area contributed by atoms with Crippen molar-refractivity contribution in [1.82, 2.24) is 4.98 Å². The van der Waals surface area contributed by atoms with E-state index in [2.05, 4.69) is 25.8 Å². The molecule has 2 aromatic rings.